The second-order valence-corrected chi connectivity index (χ2v) is 4.69. The quantitative estimate of drug-likeness (QED) is 0.777. The highest BCUT2D eigenvalue weighted by Crippen LogP contribution is 2.29. The molecule has 3 nitrogen and oxygen atoms in total. The highest BCUT2D eigenvalue weighted by atomic mass is 19.1. The van der Waals surface area contributed by atoms with Gasteiger partial charge in [-0.05, 0) is 23.5 Å². The van der Waals surface area contributed by atoms with E-state index in [1.54, 1.807) is 6.07 Å². The average molecular weight is 240 g/mol. The van der Waals surface area contributed by atoms with Gasteiger partial charge in [0.1, 0.15) is 0 Å². The van der Waals surface area contributed by atoms with Crippen molar-refractivity contribution in [2.24, 2.45) is 0 Å². The molecule has 94 valence electrons. The summed E-state index contributed by atoms with van der Waals surface area (Å²) in [4.78, 5) is 0. The van der Waals surface area contributed by atoms with Gasteiger partial charge < -0.3 is 14.8 Å². The summed E-state index contributed by atoms with van der Waals surface area (Å²) in [5, 5.41) is 18.5. The van der Waals surface area contributed by atoms with Crippen LogP contribution in [0.5, 0.6) is 5.75 Å². The molecule has 0 aliphatic carbocycles. The molecule has 0 bridgehead atoms. The second kappa shape index (κ2) is 5.06. The standard InChI is InChI=1S/C12H18BFO3/c1-5-12(2,3)8-6-9(13(15)16)11(17-4)10(14)7-8/h6-7,15-16H,5H2,1-4H3. The van der Waals surface area contributed by atoms with Crippen LogP contribution in [0, 0.1) is 5.82 Å². The van der Waals surface area contributed by atoms with E-state index in [1.807, 2.05) is 20.8 Å². The summed E-state index contributed by atoms with van der Waals surface area (Å²) in [6, 6.07) is 2.96. The van der Waals surface area contributed by atoms with Gasteiger partial charge in [-0.15, -0.1) is 0 Å². The Morgan fingerprint density at radius 1 is 1.35 bits per heavy atom. The van der Waals surface area contributed by atoms with Crippen LogP contribution >= 0.6 is 0 Å². The summed E-state index contributed by atoms with van der Waals surface area (Å²) in [7, 11) is -0.443. The number of hydrogen-bond donors (Lipinski definition) is 2. The molecule has 0 aliphatic rings. The molecule has 0 amide bonds. The van der Waals surface area contributed by atoms with Crippen LogP contribution in [0.1, 0.15) is 32.8 Å². The summed E-state index contributed by atoms with van der Waals surface area (Å²) in [6.07, 6.45) is 0.819. The Kier molecular flexibility index (Phi) is 4.17. The zero-order chi connectivity index (χ0) is 13.2. The molecule has 17 heavy (non-hydrogen) atoms. The number of ether oxygens (including phenoxy) is 1. The molecule has 0 atom stereocenters. The van der Waals surface area contributed by atoms with E-state index in [0.29, 0.717) is 0 Å². The minimum Gasteiger partial charge on any atom is -0.494 e. The van der Waals surface area contributed by atoms with E-state index in [4.69, 9.17) is 4.74 Å². The SMILES string of the molecule is CCC(C)(C)c1cc(F)c(OC)c(B(O)O)c1. The molecule has 0 aromatic heterocycles. The number of benzene rings is 1. The maximum atomic E-state index is 13.8. The van der Waals surface area contributed by atoms with Crippen LogP contribution in [-0.2, 0) is 5.41 Å². The van der Waals surface area contributed by atoms with Crippen LogP contribution in [-0.4, -0.2) is 24.3 Å². The van der Waals surface area contributed by atoms with Crippen molar-refractivity contribution in [1.82, 2.24) is 0 Å². The van der Waals surface area contributed by atoms with Crippen LogP contribution < -0.4 is 10.2 Å². The van der Waals surface area contributed by atoms with Crippen molar-refractivity contribution in [2.45, 2.75) is 32.6 Å². The number of hydrogen-bond acceptors (Lipinski definition) is 3. The molecular weight excluding hydrogens is 222 g/mol. The maximum absolute atomic E-state index is 13.8. The lowest BCUT2D eigenvalue weighted by atomic mass is 9.74. The van der Waals surface area contributed by atoms with E-state index < -0.39 is 12.9 Å². The first-order chi connectivity index (χ1) is 7.83. The van der Waals surface area contributed by atoms with Gasteiger partial charge in [-0.3, -0.25) is 0 Å². The molecule has 0 spiro atoms. The predicted molar refractivity (Wildman–Crippen MR) is 66.1 cm³/mol. The van der Waals surface area contributed by atoms with Crippen molar-refractivity contribution in [1.29, 1.82) is 0 Å². The highest BCUT2D eigenvalue weighted by molar-refractivity contribution is 6.59. The van der Waals surface area contributed by atoms with Crippen molar-refractivity contribution in [3.05, 3.63) is 23.5 Å². The number of methoxy groups -OCH3 is 1. The lowest BCUT2D eigenvalue weighted by molar-refractivity contribution is 0.380. The smallest absolute Gasteiger partial charge is 0.492 e. The Bertz CT molecular complexity index is 405. The van der Waals surface area contributed by atoms with Gasteiger partial charge >= 0.3 is 7.12 Å². The largest absolute Gasteiger partial charge is 0.494 e. The molecule has 0 aliphatic heterocycles. The fourth-order valence-electron chi connectivity index (χ4n) is 1.62. The van der Waals surface area contributed by atoms with E-state index in [9.17, 15) is 14.4 Å². The molecule has 1 aromatic carbocycles. The Labute approximate surface area is 101 Å². The van der Waals surface area contributed by atoms with Crippen molar-refractivity contribution in [3.8, 4) is 5.75 Å². The van der Waals surface area contributed by atoms with Gasteiger partial charge in [-0.25, -0.2) is 4.39 Å². The Morgan fingerprint density at radius 2 is 1.94 bits per heavy atom. The monoisotopic (exact) mass is 240 g/mol. The second-order valence-electron chi connectivity index (χ2n) is 4.69. The van der Waals surface area contributed by atoms with Crippen LogP contribution in [0.25, 0.3) is 0 Å². The number of halogens is 1. The van der Waals surface area contributed by atoms with Crippen molar-refractivity contribution in [3.63, 3.8) is 0 Å². The molecule has 0 heterocycles. The Hall–Kier alpha value is -1.07. The van der Waals surface area contributed by atoms with E-state index in [2.05, 4.69) is 0 Å². The summed E-state index contributed by atoms with van der Waals surface area (Å²) >= 11 is 0. The first-order valence-corrected chi connectivity index (χ1v) is 5.57. The van der Waals surface area contributed by atoms with Crippen LogP contribution in [0.15, 0.2) is 12.1 Å². The van der Waals surface area contributed by atoms with E-state index in [-0.39, 0.29) is 16.6 Å². The fraction of sp³-hybridized carbons (Fsp3) is 0.500. The summed E-state index contributed by atoms with van der Waals surface area (Å²) in [5.74, 6) is -0.690. The topological polar surface area (TPSA) is 49.7 Å². The van der Waals surface area contributed by atoms with E-state index in [0.717, 1.165) is 12.0 Å². The van der Waals surface area contributed by atoms with E-state index >= 15 is 0 Å². The third-order valence-corrected chi connectivity index (χ3v) is 3.22. The average Bonchev–Trinajstić information content (AvgIpc) is 2.27. The summed E-state index contributed by atoms with van der Waals surface area (Å²) in [6.45, 7) is 5.95. The first kappa shape index (κ1) is 14.0. The minimum absolute atomic E-state index is 0.0593. The van der Waals surface area contributed by atoms with Gasteiger partial charge in [0.05, 0.1) is 7.11 Å². The van der Waals surface area contributed by atoms with Gasteiger partial charge in [0, 0.05) is 5.46 Å². The van der Waals surface area contributed by atoms with Crippen LogP contribution in [0.4, 0.5) is 4.39 Å². The third kappa shape index (κ3) is 2.79. The van der Waals surface area contributed by atoms with Crippen LogP contribution in [0.3, 0.4) is 0 Å². The highest BCUT2D eigenvalue weighted by Gasteiger charge is 2.26. The van der Waals surface area contributed by atoms with E-state index in [1.165, 1.54) is 13.2 Å². The van der Waals surface area contributed by atoms with Crippen molar-refractivity contribution in [2.75, 3.05) is 7.11 Å². The zero-order valence-electron chi connectivity index (χ0n) is 10.6. The predicted octanol–water partition coefficient (Wildman–Crippen LogP) is 1.20. The summed E-state index contributed by atoms with van der Waals surface area (Å²) < 4.78 is 18.6. The molecule has 0 saturated carbocycles. The molecule has 0 saturated heterocycles. The number of rotatable bonds is 4. The normalized spacial score (nSPS) is 11.5. The molecular formula is C12H18BFO3. The zero-order valence-corrected chi connectivity index (χ0v) is 10.6. The van der Waals surface area contributed by atoms with Gasteiger partial charge in [-0.2, -0.15) is 0 Å². The van der Waals surface area contributed by atoms with Crippen LogP contribution in [0.2, 0.25) is 0 Å². The maximum Gasteiger partial charge on any atom is 0.492 e. The first-order valence-electron chi connectivity index (χ1n) is 5.57. The molecule has 0 fully saturated rings. The molecule has 5 heteroatoms. The molecule has 0 radical (unpaired) electrons. The van der Waals surface area contributed by atoms with Gasteiger partial charge in [0.2, 0.25) is 0 Å². The minimum atomic E-state index is -1.74. The van der Waals surface area contributed by atoms with Crippen molar-refractivity contribution >= 4 is 12.6 Å². The van der Waals surface area contributed by atoms with Crippen molar-refractivity contribution < 1.29 is 19.2 Å². The van der Waals surface area contributed by atoms with Gasteiger partial charge in [-0.1, -0.05) is 26.8 Å². The van der Waals surface area contributed by atoms with Gasteiger partial charge in [0.25, 0.3) is 0 Å². The Balaban J connectivity index is 3.39. The molecule has 0 unspecified atom stereocenters. The molecule has 1 rings (SSSR count). The lowest BCUT2D eigenvalue weighted by Crippen LogP contribution is -2.33. The lowest BCUT2D eigenvalue weighted by Gasteiger charge is -2.25. The molecule has 2 N–H and O–H groups in total. The fourth-order valence-corrected chi connectivity index (χ4v) is 1.62. The third-order valence-electron chi connectivity index (χ3n) is 3.22. The molecule has 1 aromatic rings. The van der Waals surface area contributed by atoms with Gasteiger partial charge in [0.15, 0.2) is 11.6 Å². The Morgan fingerprint density at radius 3 is 2.35 bits per heavy atom. The summed E-state index contributed by atoms with van der Waals surface area (Å²) in [5.41, 5.74) is 0.557.